The van der Waals surface area contributed by atoms with Gasteiger partial charge in [0.25, 0.3) is 0 Å². The van der Waals surface area contributed by atoms with E-state index in [1.165, 1.54) is 19.4 Å². The number of carbonyl (C=O) groups is 1. The summed E-state index contributed by atoms with van der Waals surface area (Å²) in [5, 5.41) is 4.24. The third-order valence-corrected chi connectivity index (χ3v) is 5.97. The zero-order valence-corrected chi connectivity index (χ0v) is 22.3. The smallest absolute Gasteiger partial charge is 0.356 e. The molecule has 200 valence electrons. The first-order valence-corrected chi connectivity index (χ1v) is 12.1. The highest BCUT2D eigenvalue weighted by Gasteiger charge is 2.14. The molecule has 3 aromatic heterocycles. The summed E-state index contributed by atoms with van der Waals surface area (Å²) in [6.45, 7) is 0.253. The maximum absolute atomic E-state index is 11.9. The molecule has 5 aromatic rings. The van der Waals surface area contributed by atoms with Gasteiger partial charge in [0.1, 0.15) is 11.5 Å². The Morgan fingerprint density at radius 1 is 0.925 bits per heavy atom. The first-order chi connectivity index (χ1) is 19.5. The van der Waals surface area contributed by atoms with Crippen LogP contribution in [0.3, 0.4) is 0 Å². The van der Waals surface area contributed by atoms with Crippen LogP contribution in [0, 0.1) is 11.8 Å². The first-order valence-electron chi connectivity index (χ1n) is 12.1. The number of benzene rings is 2. The predicted octanol–water partition coefficient (Wildman–Crippen LogP) is 3.81. The third-order valence-electron chi connectivity index (χ3n) is 5.97. The Hall–Kier alpha value is -5.50. The Morgan fingerprint density at radius 2 is 1.73 bits per heavy atom. The minimum Gasteiger partial charge on any atom is -0.497 e. The SMILES string of the molecule is COC(=O)c1ccnc(C#CCN(c2cc(OC)cc(OC)c2)c2ccc3ncc(-c4cnn(C)c4)nc3c2)n1. The molecule has 0 spiro atoms. The van der Waals surface area contributed by atoms with Crippen molar-refractivity contribution in [2.75, 3.05) is 32.8 Å². The van der Waals surface area contributed by atoms with Crippen molar-refractivity contribution in [3.8, 4) is 34.6 Å². The molecule has 0 atom stereocenters. The van der Waals surface area contributed by atoms with Crippen LogP contribution in [0.5, 0.6) is 11.5 Å². The van der Waals surface area contributed by atoms with Gasteiger partial charge in [-0.1, -0.05) is 5.92 Å². The molecular formula is C29H25N7O4. The van der Waals surface area contributed by atoms with E-state index in [2.05, 4.69) is 31.9 Å². The van der Waals surface area contributed by atoms with Crippen LogP contribution in [0.15, 0.2) is 67.3 Å². The van der Waals surface area contributed by atoms with E-state index in [0.717, 1.165) is 28.1 Å². The number of hydrogen-bond acceptors (Lipinski definition) is 10. The van der Waals surface area contributed by atoms with Crippen molar-refractivity contribution in [2.24, 2.45) is 7.05 Å². The number of anilines is 2. The molecule has 3 heterocycles. The Balaban J connectivity index is 1.56. The van der Waals surface area contributed by atoms with Gasteiger partial charge in [-0.15, -0.1) is 0 Å². The van der Waals surface area contributed by atoms with Gasteiger partial charge in [-0.3, -0.25) is 9.67 Å². The molecule has 0 saturated carbocycles. The fraction of sp³-hybridized carbons (Fsp3) is 0.172. The number of aryl methyl sites for hydroxylation is 1. The number of fused-ring (bicyclic) bond motifs is 1. The summed E-state index contributed by atoms with van der Waals surface area (Å²) >= 11 is 0. The van der Waals surface area contributed by atoms with Crippen molar-refractivity contribution < 1.29 is 19.0 Å². The monoisotopic (exact) mass is 535 g/mol. The minimum absolute atomic E-state index is 0.133. The maximum Gasteiger partial charge on any atom is 0.356 e. The van der Waals surface area contributed by atoms with Crippen molar-refractivity contribution in [1.82, 2.24) is 29.7 Å². The minimum atomic E-state index is -0.557. The third kappa shape index (κ3) is 5.66. The number of esters is 1. The van der Waals surface area contributed by atoms with Crippen LogP contribution >= 0.6 is 0 Å². The highest BCUT2D eigenvalue weighted by Crippen LogP contribution is 2.34. The highest BCUT2D eigenvalue weighted by molar-refractivity contribution is 5.87. The van der Waals surface area contributed by atoms with Crippen molar-refractivity contribution in [3.05, 3.63) is 78.8 Å². The highest BCUT2D eigenvalue weighted by atomic mass is 16.5. The molecular weight excluding hydrogens is 510 g/mol. The lowest BCUT2D eigenvalue weighted by Crippen LogP contribution is -2.17. The van der Waals surface area contributed by atoms with Gasteiger partial charge in [0.15, 0.2) is 5.69 Å². The number of nitrogens with zero attached hydrogens (tertiary/aromatic N) is 7. The summed E-state index contributed by atoms with van der Waals surface area (Å²) in [5.74, 6) is 6.96. The molecule has 2 aromatic carbocycles. The van der Waals surface area contributed by atoms with E-state index < -0.39 is 5.97 Å². The number of rotatable bonds is 7. The largest absolute Gasteiger partial charge is 0.497 e. The molecule has 0 amide bonds. The van der Waals surface area contributed by atoms with E-state index in [4.69, 9.17) is 19.2 Å². The lowest BCUT2D eigenvalue weighted by Gasteiger charge is -2.24. The molecule has 5 rings (SSSR count). The second-order valence-corrected chi connectivity index (χ2v) is 8.55. The average Bonchev–Trinajstić information content (AvgIpc) is 3.44. The predicted molar refractivity (Wildman–Crippen MR) is 149 cm³/mol. The molecule has 0 unspecified atom stereocenters. The Bertz CT molecular complexity index is 1730. The van der Waals surface area contributed by atoms with Crippen LogP contribution in [-0.2, 0) is 11.8 Å². The van der Waals surface area contributed by atoms with E-state index in [1.54, 1.807) is 37.4 Å². The number of methoxy groups -OCH3 is 3. The quantitative estimate of drug-likeness (QED) is 0.225. The van der Waals surface area contributed by atoms with Gasteiger partial charge in [-0.2, -0.15) is 5.10 Å². The molecule has 11 nitrogen and oxygen atoms in total. The van der Waals surface area contributed by atoms with Gasteiger partial charge in [0.2, 0.25) is 5.82 Å². The van der Waals surface area contributed by atoms with Crippen LogP contribution in [0.25, 0.3) is 22.3 Å². The van der Waals surface area contributed by atoms with Gasteiger partial charge in [-0.25, -0.2) is 19.7 Å². The number of hydrogen-bond donors (Lipinski definition) is 0. The molecule has 0 fully saturated rings. The Morgan fingerprint density at radius 3 is 2.42 bits per heavy atom. The molecule has 40 heavy (non-hydrogen) atoms. The number of carbonyl (C=O) groups excluding carboxylic acids is 1. The second kappa shape index (κ2) is 11.5. The van der Waals surface area contributed by atoms with Gasteiger partial charge in [-0.05, 0) is 30.2 Å². The van der Waals surface area contributed by atoms with Gasteiger partial charge < -0.3 is 19.1 Å². The summed E-state index contributed by atoms with van der Waals surface area (Å²) in [4.78, 5) is 31.6. The normalized spacial score (nSPS) is 10.5. The zero-order chi connectivity index (χ0) is 28.1. The van der Waals surface area contributed by atoms with E-state index >= 15 is 0 Å². The van der Waals surface area contributed by atoms with Crippen molar-refractivity contribution in [2.45, 2.75) is 0 Å². The first kappa shape index (κ1) is 26.1. The standard InChI is InChI=1S/C29H25N7O4/c1-35-18-19(16-32-35)27-17-31-24-8-7-20(14-26(24)33-27)36(21-12-22(38-2)15-23(13-21)39-3)11-5-6-28-30-10-9-25(34-28)29(37)40-4/h7-10,12-18H,11H2,1-4H3. The maximum atomic E-state index is 11.9. The van der Waals surface area contributed by atoms with Crippen LogP contribution in [0.1, 0.15) is 16.3 Å². The van der Waals surface area contributed by atoms with Gasteiger partial charge in [0, 0.05) is 54.6 Å². The molecule has 0 aliphatic heterocycles. The van der Waals surface area contributed by atoms with Crippen LogP contribution in [-0.4, -0.2) is 63.6 Å². The van der Waals surface area contributed by atoms with E-state index in [9.17, 15) is 4.79 Å². The molecule has 0 radical (unpaired) electrons. The van der Waals surface area contributed by atoms with Crippen molar-refractivity contribution in [3.63, 3.8) is 0 Å². The lowest BCUT2D eigenvalue weighted by molar-refractivity contribution is 0.0593. The fourth-order valence-corrected chi connectivity index (χ4v) is 3.98. The Kier molecular flexibility index (Phi) is 7.50. The summed E-state index contributed by atoms with van der Waals surface area (Å²) in [5.41, 5.74) is 4.78. The van der Waals surface area contributed by atoms with Gasteiger partial charge >= 0.3 is 5.97 Å². The number of ether oxygens (including phenoxy) is 3. The van der Waals surface area contributed by atoms with E-state index in [0.29, 0.717) is 17.0 Å². The molecule has 0 N–H and O–H groups in total. The van der Waals surface area contributed by atoms with Crippen LogP contribution < -0.4 is 14.4 Å². The van der Waals surface area contributed by atoms with Gasteiger partial charge in [0.05, 0.1) is 57.0 Å². The lowest BCUT2D eigenvalue weighted by atomic mass is 10.2. The van der Waals surface area contributed by atoms with E-state index in [1.807, 2.05) is 48.5 Å². The summed E-state index contributed by atoms with van der Waals surface area (Å²) in [6.07, 6.45) is 6.84. The van der Waals surface area contributed by atoms with Crippen molar-refractivity contribution in [1.29, 1.82) is 0 Å². The van der Waals surface area contributed by atoms with E-state index in [-0.39, 0.29) is 18.1 Å². The van der Waals surface area contributed by atoms with Crippen molar-refractivity contribution >= 4 is 28.4 Å². The zero-order valence-electron chi connectivity index (χ0n) is 22.3. The van der Waals surface area contributed by atoms with Crippen LogP contribution in [0.2, 0.25) is 0 Å². The summed E-state index contributed by atoms with van der Waals surface area (Å²) < 4.78 is 17.5. The summed E-state index contributed by atoms with van der Waals surface area (Å²) in [7, 11) is 6.34. The average molecular weight is 536 g/mol. The molecule has 0 bridgehead atoms. The number of aromatic nitrogens is 6. The molecule has 0 saturated heterocycles. The second-order valence-electron chi connectivity index (χ2n) is 8.55. The topological polar surface area (TPSA) is 117 Å². The summed E-state index contributed by atoms with van der Waals surface area (Å²) in [6, 6.07) is 12.9. The molecule has 0 aliphatic carbocycles. The molecule has 11 heteroatoms. The molecule has 0 aliphatic rings. The fourth-order valence-electron chi connectivity index (χ4n) is 3.98. The van der Waals surface area contributed by atoms with Crippen LogP contribution in [0.4, 0.5) is 11.4 Å². The Labute approximate surface area is 230 Å².